The lowest BCUT2D eigenvalue weighted by Crippen LogP contribution is -2.26. The second-order valence-electron chi connectivity index (χ2n) is 3.91. The van der Waals surface area contributed by atoms with Crippen LogP contribution in [0.25, 0.3) is 10.9 Å². The zero-order valence-corrected chi connectivity index (χ0v) is 9.89. The standard InChI is InChI=1S/C13H11FN2O3/c14-9-3-1-2-8-4-5-10(16-12(8)9)13(19)15-7-6-11(17)18/h1-5H,6-7H2,(H,15,19)(H,17,18). The number of pyridine rings is 1. The van der Waals surface area contributed by atoms with E-state index in [2.05, 4.69) is 10.3 Å². The van der Waals surface area contributed by atoms with E-state index in [1.54, 1.807) is 18.2 Å². The first-order chi connectivity index (χ1) is 9.08. The number of carboxylic acids is 1. The van der Waals surface area contributed by atoms with Gasteiger partial charge in [0.2, 0.25) is 0 Å². The molecule has 0 aliphatic rings. The molecule has 0 saturated heterocycles. The molecule has 0 spiro atoms. The molecule has 1 amide bonds. The Morgan fingerprint density at radius 3 is 2.79 bits per heavy atom. The molecule has 0 unspecified atom stereocenters. The summed E-state index contributed by atoms with van der Waals surface area (Å²) < 4.78 is 13.5. The predicted octanol–water partition coefficient (Wildman–Crippen LogP) is 1.58. The van der Waals surface area contributed by atoms with Crippen LogP contribution in [0.5, 0.6) is 0 Å². The maximum absolute atomic E-state index is 13.5. The van der Waals surface area contributed by atoms with Gasteiger partial charge in [-0.25, -0.2) is 9.37 Å². The van der Waals surface area contributed by atoms with Crippen LogP contribution in [0.15, 0.2) is 30.3 Å². The number of carbonyl (C=O) groups excluding carboxylic acids is 1. The molecule has 19 heavy (non-hydrogen) atoms. The minimum atomic E-state index is -1.00. The topological polar surface area (TPSA) is 79.3 Å². The Balaban J connectivity index is 2.18. The van der Waals surface area contributed by atoms with Crippen molar-refractivity contribution in [2.24, 2.45) is 0 Å². The summed E-state index contributed by atoms with van der Waals surface area (Å²) in [6.45, 7) is 0.00511. The predicted molar refractivity (Wildman–Crippen MR) is 66.3 cm³/mol. The number of halogens is 1. The second-order valence-corrected chi connectivity index (χ2v) is 3.91. The largest absolute Gasteiger partial charge is 0.481 e. The van der Waals surface area contributed by atoms with Gasteiger partial charge in [-0.2, -0.15) is 0 Å². The van der Waals surface area contributed by atoms with Crippen molar-refractivity contribution in [3.05, 3.63) is 41.8 Å². The van der Waals surface area contributed by atoms with Crippen molar-refractivity contribution in [1.29, 1.82) is 0 Å². The minimum absolute atomic E-state index is 0.00511. The van der Waals surface area contributed by atoms with Gasteiger partial charge in [0, 0.05) is 11.9 Å². The molecule has 1 aromatic carbocycles. The Kier molecular flexibility index (Phi) is 3.70. The zero-order chi connectivity index (χ0) is 13.8. The Hall–Kier alpha value is -2.50. The highest BCUT2D eigenvalue weighted by atomic mass is 19.1. The number of para-hydroxylation sites is 1. The van der Waals surface area contributed by atoms with Gasteiger partial charge in [0.05, 0.1) is 6.42 Å². The number of fused-ring (bicyclic) bond motifs is 1. The third-order valence-electron chi connectivity index (χ3n) is 2.53. The molecular formula is C13H11FN2O3. The first-order valence-electron chi connectivity index (χ1n) is 5.63. The lowest BCUT2D eigenvalue weighted by molar-refractivity contribution is -0.136. The molecular weight excluding hydrogens is 251 g/mol. The Bertz CT molecular complexity index is 643. The Morgan fingerprint density at radius 2 is 2.05 bits per heavy atom. The van der Waals surface area contributed by atoms with Gasteiger partial charge in [0.15, 0.2) is 0 Å². The van der Waals surface area contributed by atoms with E-state index in [-0.39, 0.29) is 24.2 Å². The molecule has 98 valence electrons. The third kappa shape index (κ3) is 3.04. The minimum Gasteiger partial charge on any atom is -0.481 e. The molecule has 2 N–H and O–H groups in total. The van der Waals surface area contributed by atoms with E-state index in [0.29, 0.717) is 5.39 Å². The van der Waals surface area contributed by atoms with E-state index in [1.807, 2.05) is 0 Å². The number of nitrogens with zero attached hydrogens (tertiary/aromatic N) is 1. The van der Waals surface area contributed by atoms with Crippen molar-refractivity contribution in [1.82, 2.24) is 10.3 Å². The van der Waals surface area contributed by atoms with Gasteiger partial charge in [0.25, 0.3) is 5.91 Å². The molecule has 5 nitrogen and oxygen atoms in total. The van der Waals surface area contributed by atoms with Gasteiger partial charge >= 0.3 is 5.97 Å². The Morgan fingerprint density at radius 1 is 1.26 bits per heavy atom. The fourth-order valence-electron chi connectivity index (χ4n) is 1.61. The van der Waals surface area contributed by atoms with E-state index >= 15 is 0 Å². The lowest BCUT2D eigenvalue weighted by Gasteiger charge is -2.04. The van der Waals surface area contributed by atoms with Crippen LogP contribution in [-0.2, 0) is 4.79 Å². The van der Waals surface area contributed by atoms with Crippen LogP contribution >= 0.6 is 0 Å². The van der Waals surface area contributed by atoms with Gasteiger partial charge < -0.3 is 10.4 Å². The van der Waals surface area contributed by atoms with E-state index in [0.717, 1.165) is 0 Å². The highest BCUT2D eigenvalue weighted by Crippen LogP contribution is 2.15. The van der Waals surface area contributed by atoms with E-state index < -0.39 is 17.7 Å². The highest BCUT2D eigenvalue weighted by Gasteiger charge is 2.10. The van der Waals surface area contributed by atoms with Crippen molar-refractivity contribution < 1.29 is 19.1 Å². The smallest absolute Gasteiger partial charge is 0.305 e. The fourth-order valence-corrected chi connectivity index (χ4v) is 1.61. The van der Waals surface area contributed by atoms with Gasteiger partial charge in [-0.15, -0.1) is 0 Å². The summed E-state index contributed by atoms with van der Waals surface area (Å²) in [6.07, 6.45) is -0.173. The number of benzene rings is 1. The Labute approximate surface area is 108 Å². The molecule has 1 aromatic heterocycles. The number of aromatic nitrogens is 1. The van der Waals surface area contributed by atoms with Crippen LogP contribution in [-0.4, -0.2) is 28.5 Å². The van der Waals surface area contributed by atoms with Crippen LogP contribution < -0.4 is 5.32 Å². The summed E-state index contributed by atoms with van der Waals surface area (Å²) in [4.78, 5) is 26.0. The molecule has 0 atom stereocenters. The first kappa shape index (κ1) is 12.9. The lowest BCUT2D eigenvalue weighted by atomic mass is 10.2. The van der Waals surface area contributed by atoms with Crippen LogP contribution in [0.2, 0.25) is 0 Å². The third-order valence-corrected chi connectivity index (χ3v) is 2.53. The summed E-state index contributed by atoms with van der Waals surface area (Å²) in [5, 5.41) is 11.5. The summed E-state index contributed by atoms with van der Waals surface area (Å²) in [6, 6.07) is 7.58. The van der Waals surface area contributed by atoms with E-state index in [9.17, 15) is 14.0 Å². The number of hydrogen-bond donors (Lipinski definition) is 2. The highest BCUT2D eigenvalue weighted by molar-refractivity contribution is 5.95. The van der Waals surface area contributed by atoms with Gasteiger partial charge in [-0.3, -0.25) is 9.59 Å². The van der Waals surface area contributed by atoms with Crippen molar-refractivity contribution in [3.63, 3.8) is 0 Å². The molecule has 0 saturated carbocycles. The number of rotatable bonds is 4. The summed E-state index contributed by atoms with van der Waals surface area (Å²) in [5.74, 6) is -2.03. The van der Waals surface area contributed by atoms with Crippen molar-refractivity contribution in [3.8, 4) is 0 Å². The second kappa shape index (κ2) is 5.43. The molecule has 0 radical (unpaired) electrons. The average molecular weight is 262 g/mol. The van der Waals surface area contributed by atoms with Crippen LogP contribution in [0.1, 0.15) is 16.9 Å². The van der Waals surface area contributed by atoms with Gasteiger partial charge in [-0.05, 0) is 12.1 Å². The summed E-state index contributed by atoms with van der Waals surface area (Å²) >= 11 is 0. The van der Waals surface area contributed by atoms with Crippen molar-refractivity contribution in [2.75, 3.05) is 6.54 Å². The molecule has 1 heterocycles. The summed E-state index contributed by atoms with van der Waals surface area (Å²) in [7, 11) is 0. The van der Waals surface area contributed by atoms with Gasteiger partial charge in [-0.1, -0.05) is 18.2 Å². The van der Waals surface area contributed by atoms with E-state index in [4.69, 9.17) is 5.11 Å². The SMILES string of the molecule is O=C(O)CCNC(=O)c1ccc2cccc(F)c2n1. The number of carboxylic acid groups (broad SMARTS) is 1. The molecule has 6 heteroatoms. The number of aliphatic carboxylic acids is 1. The maximum Gasteiger partial charge on any atom is 0.305 e. The number of amides is 1. The molecule has 0 aliphatic heterocycles. The monoisotopic (exact) mass is 262 g/mol. The molecule has 2 rings (SSSR count). The fraction of sp³-hybridized carbons (Fsp3) is 0.154. The summed E-state index contributed by atoms with van der Waals surface area (Å²) in [5.41, 5.74) is 0.177. The molecule has 0 fully saturated rings. The zero-order valence-electron chi connectivity index (χ0n) is 9.89. The first-order valence-corrected chi connectivity index (χ1v) is 5.63. The number of carbonyl (C=O) groups is 2. The van der Waals surface area contributed by atoms with Crippen LogP contribution in [0.3, 0.4) is 0 Å². The van der Waals surface area contributed by atoms with E-state index in [1.165, 1.54) is 12.1 Å². The quantitative estimate of drug-likeness (QED) is 0.876. The number of nitrogens with one attached hydrogen (secondary N) is 1. The molecule has 2 aromatic rings. The normalized spacial score (nSPS) is 10.4. The van der Waals surface area contributed by atoms with Crippen molar-refractivity contribution in [2.45, 2.75) is 6.42 Å². The number of hydrogen-bond acceptors (Lipinski definition) is 3. The molecule has 0 aliphatic carbocycles. The molecule has 0 bridgehead atoms. The average Bonchev–Trinajstić information content (AvgIpc) is 2.38. The maximum atomic E-state index is 13.5. The van der Waals surface area contributed by atoms with Crippen LogP contribution in [0, 0.1) is 5.82 Å². The van der Waals surface area contributed by atoms with Crippen LogP contribution in [0.4, 0.5) is 4.39 Å². The van der Waals surface area contributed by atoms with Gasteiger partial charge in [0.1, 0.15) is 17.0 Å². The van der Waals surface area contributed by atoms with Crippen molar-refractivity contribution >= 4 is 22.8 Å².